The van der Waals surface area contributed by atoms with Crippen molar-refractivity contribution in [2.45, 2.75) is 17.5 Å². The summed E-state index contributed by atoms with van der Waals surface area (Å²) in [6.45, 7) is 0. The molecule has 1 aromatic rings. The molecule has 0 aliphatic heterocycles. The van der Waals surface area contributed by atoms with Crippen LogP contribution in [0, 0.1) is 0 Å². The predicted molar refractivity (Wildman–Crippen MR) is 71.2 cm³/mol. The van der Waals surface area contributed by atoms with Gasteiger partial charge >= 0.3 is 8.80 Å². The molecule has 1 heterocycles. The number of thioether (sulfide) groups is 1. The van der Waals surface area contributed by atoms with Crippen LogP contribution in [0.25, 0.3) is 0 Å². The lowest BCUT2D eigenvalue weighted by Crippen LogP contribution is -2.42. The topological polar surface area (TPSA) is 40.6 Å². The van der Waals surface area contributed by atoms with Gasteiger partial charge in [0.2, 0.25) is 0 Å². The first-order valence-electron chi connectivity index (χ1n) is 5.45. The molecule has 0 N–H and O–H groups in total. The average Bonchev–Trinajstić information content (AvgIpc) is 2.41. The fourth-order valence-corrected chi connectivity index (χ4v) is 4.24. The second-order valence-electron chi connectivity index (χ2n) is 3.42. The smallest absolute Gasteiger partial charge is 0.377 e. The zero-order valence-corrected chi connectivity index (χ0v) is 12.3. The van der Waals surface area contributed by atoms with Crippen molar-refractivity contribution >= 4 is 20.6 Å². The summed E-state index contributed by atoms with van der Waals surface area (Å²) >= 11 is 1.74. The molecular weight excluding hydrogens is 254 g/mol. The molecular formula is C11H19NO3SSi. The van der Waals surface area contributed by atoms with Crippen molar-refractivity contribution in [1.29, 1.82) is 0 Å². The maximum atomic E-state index is 5.36. The van der Waals surface area contributed by atoms with Gasteiger partial charge in [0.05, 0.1) is 5.03 Å². The molecule has 0 saturated carbocycles. The lowest BCUT2D eigenvalue weighted by molar-refractivity contribution is 0.123. The molecule has 6 heteroatoms. The minimum atomic E-state index is -2.39. The minimum Gasteiger partial charge on any atom is -0.377 e. The Balaban J connectivity index is 2.28. The highest BCUT2D eigenvalue weighted by atomic mass is 32.2. The zero-order valence-electron chi connectivity index (χ0n) is 10.5. The van der Waals surface area contributed by atoms with Crippen LogP contribution < -0.4 is 0 Å². The summed E-state index contributed by atoms with van der Waals surface area (Å²) in [5.74, 6) is 0.988. The number of aromatic nitrogens is 1. The van der Waals surface area contributed by atoms with Crippen LogP contribution in [0.1, 0.15) is 6.42 Å². The lowest BCUT2D eigenvalue weighted by Gasteiger charge is -2.24. The summed E-state index contributed by atoms with van der Waals surface area (Å²) in [4.78, 5) is 4.25. The Labute approximate surface area is 108 Å². The van der Waals surface area contributed by atoms with Gasteiger partial charge in [-0.25, -0.2) is 4.98 Å². The van der Waals surface area contributed by atoms with Gasteiger partial charge in [0, 0.05) is 33.6 Å². The fourth-order valence-electron chi connectivity index (χ4n) is 1.45. The van der Waals surface area contributed by atoms with Gasteiger partial charge in [-0.05, 0) is 24.3 Å². The summed E-state index contributed by atoms with van der Waals surface area (Å²) in [6.07, 6.45) is 2.80. The van der Waals surface area contributed by atoms with Crippen molar-refractivity contribution in [3.05, 3.63) is 24.4 Å². The van der Waals surface area contributed by atoms with Crippen molar-refractivity contribution in [2.75, 3.05) is 27.1 Å². The number of rotatable bonds is 8. The number of pyridine rings is 1. The summed E-state index contributed by atoms with van der Waals surface area (Å²) in [6, 6.07) is 6.76. The normalized spacial score (nSPS) is 11.7. The molecule has 17 heavy (non-hydrogen) atoms. The Morgan fingerprint density at radius 1 is 1.18 bits per heavy atom. The van der Waals surface area contributed by atoms with E-state index in [1.54, 1.807) is 39.3 Å². The third-order valence-electron chi connectivity index (χ3n) is 2.45. The van der Waals surface area contributed by atoms with E-state index in [1.807, 2.05) is 18.2 Å². The van der Waals surface area contributed by atoms with E-state index in [4.69, 9.17) is 13.3 Å². The van der Waals surface area contributed by atoms with Crippen molar-refractivity contribution in [2.24, 2.45) is 0 Å². The van der Waals surface area contributed by atoms with Gasteiger partial charge in [-0.1, -0.05) is 6.07 Å². The van der Waals surface area contributed by atoms with Gasteiger partial charge in [-0.3, -0.25) is 0 Å². The third kappa shape index (κ3) is 4.77. The van der Waals surface area contributed by atoms with E-state index < -0.39 is 8.80 Å². The summed E-state index contributed by atoms with van der Waals surface area (Å²) in [5, 5.41) is 1.05. The largest absolute Gasteiger partial charge is 0.500 e. The van der Waals surface area contributed by atoms with Crippen LogP contribution in [0.2, 0.25) is 6.04 Å². The molecule has 0 aliphatic rings. The van der Waals surface area contributed by atoms with Crippen molar-refractivity contribution in [3.63, 3.8) is 0 Å². The van der Waals surface area contributed by atoms with Crippen LogP contribution in [0.15, 0.2) is 29.4 Å². The van der Waals surface area contributed by atoms with Crippen LogP contribution in [0.4, 0.5) is 0 Å². The Hall–Kier alpha value is -0.403. The molecule has 0 unspecified atom stereocenters. The molecule has 0 saturated heterocycles. The molecule has 1 rings (SSSR count). The van der Waals surface area contributed by atoms with Crippen LogP contribution in [-0.4, -0.2) is 40.9 Å². The predicted octanol–water partition coefficient (Wildman–Crippen LogP) is 2.44. The molecule has 0 fully saturated rings. The van der Waals surface area contributed by atoms with Crippen molar-refractivity contribution in [1.82, 2.24) is 4.98 Å². The van der Waals surface area contributed by atoms with Gasteiger partial charge in [-0.15, -0.1) is 11.8 Å². The zero-order chi connectivity index (χ0) is 12.6. The molecule has 0 aliphatic carbocycles. The third-order valence-corrected chi connectivity index (χ3v) is 6.31. The Morgan fingerprint density at radius 2 is 1.88 bits per heavy atom. The van der Waals surface area contributed by atoms with Crippen LogP contribution in [-0.2, 0) is 13.3 Å². The van der Waals surface area contributed by atoms with Crippen LogP contribution in [0.5, 0.6) is 0 Å². The Kier molecular flexibility index (Phi) is 6.75. The van der Waals surface area contributed by atoms with E-state index in [0.29, 0.717) is 0 Å². The minimum absolute atomic E-state index is 0.830. The van der Waals surface area contributed by atoms with E-state index >= 15 is 0 Å². The Morgan fingerprint density at radius 3 is 2.41 bits per heavy atom. The summed E-state index contributed by atoms with van der Waals surface area (Å²) < 4.78 is 16.1. The quantitative estimate of drug-likeness (QED) is 0.413. The highest BCUT2D eigenvalue weighted by Crippen LogP contribution is 2.20. The average molecular weight is 273 g/mol. The number of hydrogen-bond acceptors (Lipinski definition) is 5. The van der Waals surface area contributed by atoms with E-state index in [1.165, 1.54) is 0 Å². The van der Waals surface area contributed by atoms with Crippen LogP contribution >= 0.6 is 11.8 Å². The highest BCUT2D eigenvalue weighted by Gasteiger charge is 2.36. The first kappa shape index (κ1) is 14.7. The standard InChI is InChI=1S/C11H19NO3SSi/c1-13-17(14-2,15-3)10-6-9-16-11-7-4-5-8-12-11/h4-5,7-8H,6,9-10H2,1-3H3. The van der Waals surface area contributed by atoms with Gasteiger partial charge in [0.25, 0.3) is 0 Å². The first-order valence-corrected chi connectivity index (χ1v) is 8.37. The molecule has 96 valence electrons. The van der Waals surface area contributed by atoms with E-state index in [9.17, 15) is 0 Å². The molecule has 0 aromatic carbocycles. The molecule has 0 spiro atoms. The monoisotopic (exact) mass is 273 g/mol. The van der Waals surface area contributed by atoms with E-state index in [-0.39, 0.29) is 0 Å². The summed E-state index contributed by atoms with van der Waals surface area (Å²) in [7, 11) is 2.54. The second kappa shape index (κ2) is 7.83. The molecule has 0 bridgehead atoms. The van der Waals surface area contributed by atoms with Gasteiger partial charge in [0.15, 0.2) is 0 Å². The molecule has 0 radical (unpaired) electrons. The molecule has 0 amide bonds. The maximum Gasteiger partial charge on any atom is 0.500 e. The lowest BCUT2D eigenvalue weighted by atomic mass is 10.5. The molecule has 4 nitrogen and oxygen atoms in total. The highest BCUT2D eigenvalue weighted by molar-refractivity contribution is 7.99. The number of nitrogens with zero attached hydrogens (tertiary/aromatic N) is 1. The SMILES string of the molecule is CO[Si](CCCSc1ccccn1)(OC)OC. The number of hydrogen-bond donors (Lipinski definition) is 0. The second-order valence-corrected chi connectivity index (χ2v) is 7.62. The van der Waals surface area contributed by atoms with Crippen molar-refractivity contribution < 1.29 is 13.3 Å². The fraction of sp³-hybridized carbons (Fsp3) is 0.545. The Bertz CT molecular complexity index is 301. The van der Waals surface area contributed by atoms with Crippen LogP contribution in [0.3, 0.4) is 0 Å². The molecule has 0 atom stereocenters. The van der Waals surface area contributed by atoms with Gasteiger partial charge in [0.1, 0.15) is 0 Å². The van der Waals surface area contributed by atoms with Crippen molar-refractivity contribution in [3.8, 4) is 0 Å². The molecule has 1 aromatic heterocycles. The van der Waals surface area contributed by atoms with E-state index in [0.717, 1.165) is 23.2 Å². The summed E-state index contributed by atoms with van der Waals surface area (Å²) in [5.41, 5.74) is 0. The van der Waals surface area contributed by atoms with Gasteiger partial charge < -0.3 is 13.3 Å². The van der Waals surface area contributed by atoms with E-state index in [2.05, 4.69) is 4.98 Å². The van der Waals surface area contributed by atoms with Gasteiger partial charge in [-0.2, -0.15) is 0 Å². The first-order chi connectivity index (χ1) is 8.26. The maximum absolute atomic E-state index is 5.36.